The molecule has 6 rings (SSSR count). The van der Waals surface area contributed by atoms with E-state index in [-0.39, 0.29) is 34.9 Å². The predicted molar refractivity (Wildman–Crippen MR) is 156 cm³/mol. The van der Waals surface area contributed by atoms with Crippen LogP contribution >= 0.6 is 0 Å². The fraction of sp³-hybridized carbons (Fsp3) is 0.0667. The van der Waals surface area contributed by atoms with Crippen molar-refractivity contribution >= 4 is 38.9 Å². The summed E-state index contributed by atoms with van der Waals surface area (Å²) in [5.41, 5.74) is 2.42. The Labute approximate surface area is 236 Å². The molecule has 4 aromatic carbocycles. The topological polar surface area (TPSA) is 152 Å². The summed E-state index contributed by atoms with van der Waals surface area (Å²) in [6.45, 7) is 0.593. The van der Waals surface area contributed by atoms with E-state index >= 15 is 0 Å². The first-order valence-corrected chi connectivity index (χ1v) is 12.6. The number of non-ortho nitro benzene ring substituents is 1. The van der Waals surface area contributed by atoms with E-state index in [2.05, 4.69) is 10.4 Å². The molecule has 12 heteroatoms. The third-order valence-corrected chi connectivity index (χ3v) is 6.72. The lowest BCUT2D eigenvalue weighted by molar-refractivity contribution is -0.384. The number of halogens is 1. The van der Waals surface area contributed by atoms with E-state index in [1.165, 1.54) is 41.0 Å². The average molecular weight is 568 g/mol. The SMILES string of the molecule is O=Nc1c(O)n(Cc2cccc(F)c2)c2ccc([N+](=O)[O-])cc12.O=Nc1c(O)n(Cc2ccccc2)c2ccccc12. The molecule has 0 fully saturated rings. The first kappa shape index (κ1) is 27.6. The van der Waals surface area contributed by atoms with Crippen LogP contribution < -0.4 is 0 Å². The van der Waals surface area contributed by atoms with Crippen molar-refractivity contribution in [2.75, 3.05) is 0 Å². The van der Waals surface area contributed by atoms with Gasteiger partial charge in [0.1, 0.15) is 5.82 Å². The Kier molecular flexibility index (Phi) is 7.69. The second kappa shape index (κ2) is 11.7. The molecule has 0 spiro atoms. The maximum absolute atomic E-state index is 13.3. The summed E-state index contributed by atoms with van der Waals surface area (Å²) in [6, 6.07) is 26.7. The van der Waals surface area contributed by atoms with E-state index < -0.39 is 16.6 Å². The van der Waals surface area contributed by atoms with Gasteiger partial charge in [-0.1, -0.05) is 60.7 Å². The molecule has 0 saturated heterocycles. The van der Waals surface area contributed by atoms with Gasteiger partial charge < -0.3 is 19.3 Å². The monoisotopic (exact) mass is 567 g/mol. The van der Waals surface area contributed by atoms with Gasteiger partial charge in [-0.25, -0.2) is 4.39 Å². The number of aromatic nitrogens is 2. The largest absolute Gasteiger partial charge is 0.493 e. The molecule has 2 N–H and O–H groups in total. The van der Waals surface area contributed by atoms with Crippen molar-refractivity contribution in [2.45, 2.75) is 13.1 Å². The molecule has 0 aliphatic carbocycles. The minimum absolute atomic E-state index is 0.0833. The highest BCUT2D eigenvalue weighted by atomic mass is 19.1. The molecule has 11 nitrogen and oxygen atoms in total. The number of hydrogen-bond donors (Lipinski definition) is 2. The molecule has 0 amide bonds. The molecule has 210 valence electrons. The highest BCUT2D eigenvalue weighted by Gasteiger charge is 2.21. The van der Waals surface area contributed by atoms with Gasteiger partial charge in [-0.15, -0.1) is 9.81 Å². The summed E-state index contributed by atoms with van der Waals surface area (Å²) in [4.78, 5) is 32.1. The van der Waals surface area contributed by atoms with Crippen LogP contribution in [0.15, 0.2) is 107 Å². The van der Waals surface area contributed by atoms with Crippen molar-refractivity contribution in [3.8, 4) is 11.8 Å². The molecular formula is C30H22FN5O6. The highest BCUT2D eigenvalue weighted by Crippen LogP contribution is 2.41. The van der Waals surface area contributed by atoms with E-state index in [4.69, 9.17) is 0 Å². The van der Waals surface area contributed by atoms with Gasteiger partial charge >= 0.3 is 0 Å². The molecule has 6 aromatic rings. The number of nitrogens with zero attached hydrogens (tertiary/aromatic N) is 5. The van der Waals surface area contributed by atoms with E-state index in [1.54, 1.807) is 16.7 Å². The van der Waals surface area contributed by atoms with Gasteiger partial charge in [-0.05, 0) is 45.7 Å². The van der Waals surface area contributed by atoms with Gasteiger partial charge in [0.2, 0.25) is 11.8 Å². The number of nitro groups is 1. The fourth-order valence-electron chi connectivity index (χ4n) is 4.78. The Morgan fingerprint density at radius 2 is 1.26 bits per heavy atom. The zero-order chi connectivity index (χ0) is 29.8. The van der Waals surface area contributed by atoms with Gasteiger partial charge in [0.15, 0.2) is 11.4 Å². The third kappa shape index (κ3) is 5.28. The summed E-state index contributed by atoms with van der Waals surface area (Å²) >= 11 is 0. The highest BCUT2D eigenvalue weighted by molar-refractivity contribution is 5.97. The van der Waals surface area contributed by atoms with Crippen LogP contribution in [0.2, 0.25) is 0 Å². The average Bonchev–Trinajstić information content (AvgIpc) is 3.42. The second-order valence-corrected chi connectivity index (χ2v) is 9.29. The van der Waals surface area contributed by atoms with Gasteiger partial charge in [0.25, 0.3) is 5.69 Å². The van der Waals surface area contributed by atoms with Crippen molar-refractivity contribution in [1.29, 1.82) is 0 Å². The van der Waals surface area contributed by atoms with Crippen LogP contribution in [0.1, 0.15) is 11.1 Å². The lowest BCUT2D eigenvalue weighted by Crippen LogP contribution is -1.99. The third-order valence-electron chi connectivity index (χ3n) is 6.72. The van der Waals surface area contributed by atoms with Crippen LogP contribution in [0.5, 0.6) is 11.8 Å². The van der Waals surface area contributed by atoms with E-state index in [1.807, 2.05) is 48.5 Å². The smallest absolute Gasteiger partial charge is 0.270 e. The number of nitroso groups, excluding NO2 is 2. The van der Waals surface area contributed by atoms with Crippen LogP contribution in [-0.2, 0) is 13.1 Å². The summed E-state index contributed by atoms with van der Waals surface area (Å²) < 4.78 is 16.3. The van der Waals surface area contributed by atoms with Gasteiger partial charge in [0, 0.05) is 22.9 Å². The van der Waals surface area contributed by atoms with Crippen molar-refractivity contribution in [1.82, 2.24) is 9.13 Å². The molecule has 0 aliphatic rings. The summed E-state index contributed by atoms with van der Waals surface area (Å²) in [6.07, 6.45) is 0. The maximum atomic E-state index is 13.3. The van der Waals surface area contributed by atoms with Crippen molar-refractivity contribution in [3.05, 3.63) is 134 Å². The van der Waals surface area contributed by atoms with E-state index in [9.17, 15) is 34.5 Å². The van der Waals surface area contributed by atoms with Crippen LogP contribution in [0.3, 0.4) is 0 Å². The molecule has 0 atom stereocenters. The number of rotatable bonds is 7. The lowest BCUT2D eigenvalue weighted by atomic mass is 10.2. The van der Waals surface area contributed by atoms with Gasteiger partial charge in [-0.3, -0.25) is 10.1 Å². The zero-order valence-corrected chi connectivity index (χ0v) is 21.8. The van der Waals surface area contributed by atoms with Crippen LogP contribution in [0.25, 0.3) is 21.8 Å². The molecule has 0 bridgehead atoms. The molecule has 0 radical (unpaired) electrons. The first-order valence-electron chi connectivity index (χ1n) is 12.6. The quantitative estimate of drug-likeness (QED) is 0.115. The number of nitro benzene ring substituents is 1. The number of fused-ring (bicyclic) bond motifs is 2. The number of aromatic hydroxyl groups is 2. The second-order valence-electron chi connectivity index (χ2n) is 9.29. The minimum Gasteiger partial charge on any atom is -0.493 e. The Balaban J connectivity index is 0.000000171. The van der Waals surface area contributed by atoms with Crippen LogP contribution in [0, 0.1) is 25.7 Å². The number of benzene rings is 4. The molecule has 0 aliphatic heterocycles. The summed E-state index contributed by atoms with van der Waals surface area (Å²) in [5.74, 6) is -0.928. The minimum atomic E-state index is -0.602. The molecule has 0 saturated carbocycles. The molecular weight excluding hydrogens is 545 g/mol. The fourth-order valence-corrected chi connectivity index (χ4v) is 4.78. The first-order chi connectivity index (χ1) is 20.3. The Hall–Kier alpha value is -5.91. The van der Waals surface area contributed by atoms with Crippen molar-refractivity contribution in [3.63, 3.8) is 0 Å². The number of hydrogen-bond acceptors (Lipinski definition) is 8. The molecule has 2 heterocycles. The lowest BCUT2D eigenvalue weighted by Gasteiger charge is -2.07. The van der Waals surface area contributed by atoms with Crippen molar-refractivity contribution in [2.24, 2.45) is 10.4 Å². The number of para-hydroxylation sites is 1. The molecule has 42 heavy (non-hydrogen) atoms. The summed E-state index contributed by atoms with van der Waals surface area (Å²) in [5, 5.41) is 37.7. The Morgan fingerprint density at radius 3 is 1.90 bits per heavy atom. The maximum Gasteiger partial charge on any atom is 0.270 e. The Morgan fingerprint density at radius 1 is 0.690 bits per heavy atom. The van der Waals surface area contributed by atoms with Crippen LogP contribution in [-0.4, -0.2) is 24.3 Å². The molecule has 2 aromatic heterocycles. The standard InChI is InChI=1S/C15H10FN3O4.C15H12N2O2/c16-10-3-1-2-9(6-10)8-18-13-5-4-11(19(22)23)7-12(13)14(17-21)15(18)20;18-15-14(16-19)12-8-4-5-9-13(12)17(15)10-11-6-2-1-3-7-11/h1-7,20H,8H2;1-9,18H,10H2. The van der Waals surface area contributed by atoms with E-state index in [0.717, 1.165) is 11.1 Å². The summed E-state index contributed by atoms with van der Waals surface area (Å²) in [7, 11) is 0. The van der Waals surface area contributed by atoms with Crippen LogP contribution in [0.4, 0.5) is 21.5 Å². The van der Waals surface area contributed by atoms with Gasteiger partial charge in [0.05, 0.1) is 29.0 Å². The van der Waals surface area contributed by atoms with E-state index in [0.29, 0.717) is 23.0 Å². The van der Waals surface area contributed by atoms with Gasteiger partial charge in [-0.2, -0.15) is 0 Å². The molecule has 0 unspecified atom stereocenters. The van der Waals surface area contributed by atoms with Crippen molar-refractivity contribution < 1.29 is 19.5 Å². The zero-order valence-electron chi connectivity index (χ0n) is 21.8. The predicted octanol–water partition coefficient (Wildman–Crippen LogP) is 7.63. The normalized spacial score (nSPS) is 10.8. The Bertz CT molecular complexity index is 1950.